The van der Waals surface area contributed by atoms with Crippen molar-refractivity contribution in [2.75, 3.05) is 15.4 Å². The standard InChI is InChI=1S/C29H25F4N3O5S2/c1-18(42-24-11-9-23(10-12-24)41-29(31,32)33)16-19-2-6-21(7-3-19)34-28(38)35-22-8-15-27(37)26(17-22)36-43(39,40)25-13-4-20(30)5-14-25/h2-15,17-18,36-37H,16H2,1H3,(H2,34,35,38). The van der Waals surface area contributed by atoms with Gasteiger partial charge in [0.1, 0.15) is 17.3 Å². The number of nitrogens with one attached hydrogen (secondary N) is 3. The third-order valence-electron chi connectivity index (χ3n) is 5.75. The minimum absolute atomic E-state index is 0.0978. The fourth-order valence-electron chi connectivity index (χ4n) is 3.86. The summed E-state index contributed by atoms with van der Waals surface area (Å²) in [5, 5.41) is 15.4. The summed E-state index contributed by atoms with van der Waals surface area (Å²) in [6, 6.07) is 20.0. The lowest BCUT2D eigenvalue weighted by atomic mass is 10.1. The fourth-order valence-corrected chi connectivity index (χ4v) is 5.96. The van der Waals surface area contributed by atoms with Gasteiger partial charge in [-0.3, -0.25) is 4.72 Å². The van der Waals surface area contributed by atoms with Crippen molar-refractivity contribution >= 4 is 44.9 Å². The number of phenols is 1. The molecule has 2 amide bonds. The number of amides is 2. The van der Waals surface area contributed by atoms with Crippen molar-refractivity contribution in [1.29, 1.82) is 0 Å². The van der Waals surface area contributed by atoms with Crippen LogP contribution in [0.4, 0.5) is 39.4 Å². The van der Waals surface area contributed by atoms with Crippen LogP contribution in [0.15, 0.2) is 101 Å². The second kappa shape index (κ2) is 13.3. The van der Waals surface area contributed by atoms with Crippen molar-refractivity contribution in [3.8, 4) is 11.5 Å². The molecule has 0 aromatic heterocycles. The Morgan fingerprint density at radius 2 is 1.51 bits per heavy atom. The maximum atomic E-state index is 13.2. The van der Waals surface area contributed by atoms with Crippen LogP contribution >= 0.6 is 11.8 Å². The van der Waals surface area contributed by atoms with Crippen molar-refractivity contribution in [1.82, 2.24) is 0 Å². The molecule has 4 aromatic rings. The van der Waals surface area contributed by atoms with Crippen molar-refractivity contribution < 1.29 is 40.6 Å². The highest BCUT2D eigenvalue weighted by Gasteiger charge is 2.31. The van der Waals surface area contributed by atoms with Gasteiger partial charge in [-0.2, -0.15) is 0 Å². The summed E-state index contributed by atoms with van der Waals surface area (Å²) in [5.74, 6) is -1.27. The number of hydrogen-bond acceptors (Lipinski definition) is 6. The van der Waals surface area contributed by atoms with E-state index in [0.29, 0.717) is 12.1 Å². The Hall–Kier alpha value is -4.43. The summed E-state index contributed by atoms with van der Waals surface area (Å²) >= 11 is 1.49. The summed E-state index contributed by atoms with van der Waals surface area (Å²) in [6.45, 7) is 1.98. The Balaban J connectivity index is 1.30. The number of sulfonamides is 1. The molecule has 0 aliphatic carbocycles. The first kappa shape index (κ1) is 31.5. The van der Waals surface area contributed by atoms with Crippen LogP contribution in [-0.4, -0.2) is 31.2 Å². The number of aromatic hydroxyl groups is 1. The SMILES string of the molecule is CC(Cc1ccc(NC(=O)Nc2ccc(O)c(NS(=O)(=O)c3ccc(F)cc3)c2)cc1)Sc1ccc(OC(F)(F)F)cc1. The second-order valence-corrected chi connectivity index (χ2v) is 12.4. The largest absolute Gasteiger partial charge is 0.573 e. The molecule has 0 radical (unpaired) electrons. The third-order valence-corrected chi connectivity index (χ3v) is 8.25. The average Bonchev–Trinajstić information content (AvgIpc) is 2.92. The van der Waals surface area contributed by atoms with Gasteiger partial charge in [0.2, 0.25) is 0 Å². The van der Waals surface area contributed by atoms with Gasteiger partial charge < -0.3 is 20.5 Å². The maximum absolute atomic E-state index is 13.2. The van der Waals surface area contributed by atoms with Gasteiger partial charge in [0.15, 0.2) is 0 Å². The zero-order chi connectivity index (χ0) is 31.2. The number of hydrogen-bond donors (Lipinski definition) is 4. The highest BCUT2D eigenvalue weighted by Crippen LogP contribution is 2.31. The van der Waals surface area contributed by atoms with Crippen LogP contribution in [0, 0.1) is 5.82 Å². The molecule has 4 aromatic carbocycles. The normalized spacial score (nSPS) is 12.3. The highest BCUT2D eigenvalue weighted by molar-refractivity contribution is 8.00. The quantitative estimate of drug-likeness (QED) is 0.0617. The third kappa shape index (κ3) is 9.54. The average molecular weight is 636 g/mol. The molecule has 0 saturated carbocycles. The van der Waals surface area contributed by atoms with Crippen LogP contribution in [0.5, 0.6) is 11.5 Å². The second-order valence-electron chi connectivity index (χ2n) is 9.22. The molecule has 226 valence electrons. The molecule has 43 heavy (non-hydrogen) atoms. The Bertz CT molecular complexity index is 1670. The first-order valence-corrected chi connectivity index (χ1v) is 14.9. The Morgan fingerprint density at radius 3 is 2.14 bits per heavy atom. The van der Waals surface area contributed by atoms with E-state index in [2.05, 4.69) is 20.1 Å². The first-order chi connectivity index (χ1) is 20.3. The number of ether oxygens (including phenoxy) is 1. The Labute approximate surface area is 249 Å². The Morgan fingerprint density at radius 1 is 0.907 bits per heavy atom. The molecular weight excluding hydrogens is 610 g/mol. The van der Waals surface area contributed by atoms with Gasteiger partial charge in [-0.05, 0) is 90.8 Å². The molecule has 0 spiro atoms. The fraction of sp³-hybridized carbons (Fsp3) is 0.138. The van der Waals surface area contributed by atoms with Crippen LogP contribution in [-0.2, 0) is 16.4 Å². The van der Waals surface area contributed by atoms with Crippen molar-refractivity contribution in [2.24, 2.45) is 0 Å². The van der Waals surface area contributed by atoms with Gasteiger partial charge >= 0.3 is 12.4 Å². The van der Waals surface area contributed by atoms with E-state index < -0.39 is 28.2 Å². The number of phenolic OH excluding ortho intramolecular Hbond substituents is 1. The highest BCUT2D eigenvalue weighted by atomic mass is 32.2. The van der Waals surface area contributed by atoms with E-state index in [-0.39, 0.29) is 33.0 Å². The van der Waals surface area contributed by atoms with Gasteiger partial charge in [-0.25, -0.2) is 17.6 Å². The van der Waals surface area contributed by atoms with E-state index in [1.807, 2.05) is 19.1 Å². The minimum atomic E-state index is -4.74. The molecule has 0 aliphatic rings. The zero-order valence-electron chi connectivity index (χ0n) is 22.4. The lowest BCUT2D eigenvalue weighted by Gasteiger charge is -2.14. The smallest absolute Gasteiger partial charge is 0.506 e. The summed E-state index contributed by atoms with van der Waals surface area (Å²) in [6.07, 6.45) is -4.09. The number of rotatable bonds is 10. The molecule has 1 unspecified atom stereocenters. The molecular formula is C29H25F4N3O5S2. The lowest BCUT2D eigenvalue weighted by molar-refractivity contribution is -0.274. The number of anilines is 3. The number of alkyl halides is 3. The van der Waals surface area contributed by atoms with Crippen LogP contribution < -0.4 is 20.1 Å². The molecule has 4 rings (SSSR count). The van der Waals surface area contributed by atoms with E-state index in [4.69, 9.17) is 0 Å². The van der Waals surface area contributed by atoms with E-state index in [9.17, 15) is 35.9 Å². The van der Waals surface area contributed by atoms with Gasteiger partial charge in [-0.1, -0.05) is 19.1 Å². The van der Waals surface area contributed by atoms with E-state index in [0.717, 1.165) is 34.7 Å². The molecule has 0 saturated heterocycles. The number of carbonyl (C=O) groups is 1. The number of thioether (sulfide) groups is 1. The Kier molecular flexibility index (Phi) is 9.71. The van der Waals surface area contributed by atoms with Crippen LogP contribution in [0.1, 0.15) is 12.5 Å². The molecule has 4 N–H and O–H groups in total. The van der Waals surface area contributed by atoms with Gasteiger partial charge in [0.05, 0.1) is 10.6 Å². The molecule has 0 bridgehead atoms. The molecule has 8 nitrogen and oxygen atoms in total. The zero-order valence-corrected chi connectivity index (χ0v) is 24.0. The van der Waals surface area contributed by atoms with E-state index in [1.165, 1.54) is 42.1 Å². The minimum Gasteiger partial charge on any atom is -0.506 e. The molecule has 1 atom stereocenters. The monoisotopic (exact) mass is 635 g/mol. The summed E-state index contributed by atoms with van der Waals surface area (Å²) < 4.78 is 81.4. The summed E-state index contributed by atoms with van der Waals surface area (Å²) in [4.78, 5) is 13.1. The van der Waals surface area contributed by atoms with Crippen LogP contribution in [0.25, 0.3) is 0 Å². The van der Waals surface area contributed by atoms with Gasteiger partial charge in [0.25, 0.3) is 10.0 Å². The molecule has 14 heteroatoms. The van der Waals surface area contributed by atoms with E-state index >= 15 is 0 Å². The van der Waals surface area contributed by atoms with Crippen molar-refractivity contribution in [3.05, 3.63) is 102 Å². The van der Waals surface area contributed by atoms with Crippen LogP contribution in [0.2, 0.25) is 0 Å². The molecule has 0 aliphatic heterocycles. The van der Waals surface area contributed by atoms with Crippen molar-refractivity contribution in [3.63, 3.8) is 0 Å². The van der Waals surface area contributed by atoms with Crippen molar-refractivity contribution in [2.45, 2.75) is 34.7 Å². The number of carbonyl (C=O) groups excluding carboxylic acids is 1. The predicted molar refractivity (Wildman–Crippen MR) is 157 cm³/mol. The maximum Gasteiger partial charge on any atom is 0.573 e. The predicted octanol–water partition coefficient (Wildman–Crippen LogP) is 7.60. The molecule has 0 heterocycles. The number of halogens is 4. The van der Waals surface area contributed by atoms with E-state index in [1.54, 1.807) is 24.3 Å². The van der Waals surface area contributed by atoms with Crippen LogP contribution in [0.3, 0.4) is 0 Å². The lowest BCUT2D eigenvalue weighted by Crippen LogP contribution is -2.19. The number of benzene rings is 4. The number of urea groups is 1. The van der Waals surface area contributed by atoms with Gasteiger partial charge in [0, 0.05) is 21.5 Å². The summed E-state index contributed by atoms with van der Waals surface area (Å²) in [5.41, 5.74) is 1.45. The molecule has 0 fully saturated rings. The first-order valence-electron chi connectivity index (χ1n) is 12.6. The van der Waals surface area contributed by atoms with Gasteiger partial charge in [-0.15, -0.1) is 24.9 Å². The summed E-state index contributed by atoms with van der Waals surface area (Å²) in [7, 11) is -4.13. The topological polar surface area (TPSA) is 117 Å².